The minimum absolute atomic E-state index is 0.718. The highest BCUT2D eigenvalue weighted by atomic mass is 32.1. The second kappa shape index (κ2) is 5.14. The summed E-state index contributed by atoms with van der Waals surface area (Å²) in [5.74, 6) is 0. The number of para-hydroxylation sites is 1. The summed E-state index contributed by atoms with van der Waals surface area (Å²) in [6.45, 7) is 0.718. The number of hydrogen-bond donors (Lipinski definition) is 1. The lowest BCUT2D eigenvalue weighted by molar-refractivity contribution is 0.826. The number of rotatable bonds is 4. The van der Waals surface area contributed by atoms with Gasteiger partial charge in [0.25, 0.3) is 0 Å². The van der Waals surface area contributed by atoms with E-state index in [1.807, 2.05) is 18.2 Å². The number of aromatic nitrogens is 2. The molecule has 0 aliphatic heterocycles. The highest BCUT2D eigenvalue weighted by Crippen LogP contribution is 2.30. The predicted octanol–water partition coefficient (Wildman–Crippen LogP) is 3.31. The third kappa shape index (κ3) is 2.29. The van der Waals surface area contributed by atoms with Gasteiger partial charge in [-0.25, -0.2) is 9.97 Å². The summed E-state index contributed by atoms with van der Waals surface area (Å²) in [4.78, 5) is 9.24. The molecule has 3 nitrogen and oxygen atoms in total. The van der Waals surface area contributed by atoms with Gasteiger partial charge in [-0.1, -0.05) is 12.1 Å². The first-order valence-corrected chi connectivity index (χ1v) is 7.57. The van der Waals surface area contributed by atoms with Crippen LogP contribution in [0.4, 0.5) is 0 Å². The monoisotopic (exact) mass is 275 g/mol. The van der Waals surface area contributed by atoms with Crippen molar-refractivity contribution in [3.05, 3.63) is 34.7 Å². The molecule has 0 fully saturated rings. The van der Waals surface area contributed by atoms with Gasteiger partial charge in [-0.2, -0.15) is 0 Å². The number of aryl methyl sites for hydroxylation is 1. The van der Waals surface area contributed by atoms with E-state index in [1.54, 1.807) is 22.7 Å². The molecular formula is C13H13N3S2. The second-order valence-electron chi connectivity index (χ2n) is 4.01. The average molecular weight is 275 g/mol. The largest absolute Gasteiger partial charge is 0.330 e. The van der Waals surface area contributed by atoms with Crippen molar-refractivity contribution in [3.63, 3.8) is 0 Å². The molecule has 2 heterocycles. The van der Waals surface area contributed by atoms with Crippen LogP contribution in [0.25, 0.3) is 20.9 Å². The summed E-state index contributed by atoms with van der Waals surface area (Å²) in [7, 11) is 0. The molecule has 18 heavy (non-hydrogen) atoms. The van der Waals surface area contributed by atoms with E-state index in [4.69, 9.17) is 5.73 Å². The fourth-order valence-corrected chi connectivity index (χ4v) is 3.59. The van der Waals surface area contributed by atoms with Gasteiger partial charge in [0.1, 0.15) is 10.7 Å². The molecule has 3 rings (SSSR count). The van der Waals surface area contributed by atoms with Crippen molar-refractivity contribution >= 4 is 32.9 Å². The average Bonchev–Trinajstić information content (AvgIpc) is 3.02. The van der Waals surface area contributed by atoms with Crippen molar-refractivity contribution in [1.82, 2.24) is 9.97 Å². The van der Waals surface area contributed by atoms with E-state index in [-0.39, 0.29) is 0 Å². The molecule has 2 N–H and O–H groups in total. The van der Waals surface area contributed by atoms with Crippen molar-refractivity contribution in [2.45, 2.75) is 12.8 Å². The van der Waals surface area contributed by atoms with Gasteiger partial charge in [0.2, 0.25) is 0 Å². The number of nitrogens with two attached hydrogens (primary N) is 1. The number of thiazole rings is 2. The first-order chi connectivity index (χ1) is 8.86. The van der Waals surface area contributed by atoms with Gasteiger partial charge in [-0.15, -0.1) is 22.7 Å². The molecule has 0 unspecified atom stereocenters. The third-order valence-corrected chi connectivity index (χ3v) is 4.63. The fraction of sp³-hybridized carbons (Fsp3) is 0.231. The van der Waals surface area contributed by atoms with E-state index in [2.05, 4.69) is 21.4 Å². The van der Waals surface area contributed by atoms with Crippen LogP contribution in [0.3, 0.4) is 0 Å². The Balaban J connectivity index is 1.91. The van der Waals surface area contributed by atoms with Crippen molar-refractivity contribution in [1.29, 1.82) is 0 Å². The van der Waals surface area contributed by atoms with Crippen molar-refractivity contribution in [2.24, 2.45) is 5.73 Å². The Morgan fingerprint density at radius 1 is 1.17 bits per heavy atom. The molecular weight excluding hydrogens is 262 g/mol. The van der Waals surface area contributed by atoms with Crippen molar-refractivity contribution in [2.75, 3.05) is 6.54 Å². The standard InChI is InChI=1S/C13H13N3S2/c14-7-3-6-12-15-10(8-17-12)13-16-9-4-1-2-5-11(9)18-13/h1-2,4-5,8H,3,6-7,14H2. The molecule has 2 aromatic heterocycles. The van der Waals surface area contributed by atoms with Crippen LogP contribution in [-0.2, 0) is 6.42 Å². The van der Waals surface area contributed by atoms with Gasteiger partial charge in [0.15, 0.2) is 0 Å². The zero-order valence-corrected chi connectivity index (χ0v) is 11.4. The number of fused-ring (bicyclic) bond motifs is 1. The summed E-state index contributed by atoms with van der Waals surface area (Å²) >= 11 is 3.39. The molecule has 0 amide bonds. The van der Waals surface area contributed by atoms with Crippen LogP contribution >= 0.6 is 22.7 Å². The highest BCUT2D eigenvalue weighted by Gasteiger charge is 2.09. The van der Waals surface area contributed by atoms with Gasteiger partial charge in [-0.05, 0) is 25.1 Å². The summed E-state index contributed by atoms with van der Waals surface area (Å²) in [5.41, 5.74) is 7.56. The lowest BCUT2D eigenvalue weighted by Crippen LogP contribution is -1.99. The van der Waals surface area contributed by atoms with E-state index in [9.17, 15) is 0 Å². The molecule has 0 saturated heterocycles. The molecule has 0 saturated carbocycles. The van der Waals surface area contributed by atoms with Crippen LogP contribution in [0.15, 0.2) is 29.6 Å². The molecule has 0 bridgehead atoms. The Morgan fingerprint density at radius 2 is 2.06 bits per heavy atom. The Labute approximate surface area is 113 Å². The van der Waals surface area contributed by atoms with Crippen LogP contribution in [0.1, 0.15) is 11.4 Å². The van der Waals surface area contributed by atoms with Crippen LogP contribution in [0.5, 0.6) is 0 Å². The van der Waals surface area contributed by atoms with E-state index < -0.39 is 0 Å². The third-order valence-electron chi connectivity index (χ3n) is 2.66. The Hall–Kier alpha value is -1.30. The van der Waals surface area contributed by atoms with Gasteiger partial charge < -0.3 is 5.73 Å². The molecule has 0 spiro atoms. The molecule has 5 heteroatoms. The minimum atomic E-state index is 0.718. The Morgan fingerprint density at radius 3 is 2.89 bits per heavy atom. The molecule has 0 aliphatic carbocycles. The fourth-order valence-electron chi connectivity index (χ4n) is 1.76. The SMILES string of the molecule is NCCCc1nc(-c2nc3ccccc3s2)cs1. The summed E-state index contributed by atoms with van der Waals surface area (Å²) in [6.07, 6.45) is 1.96. The summed E-state index contributed by atoms with van der Waals surface area (Å²) in [5, 5.41) is 4.24. The van der Waals surface area contributed by atoms with Crippen LogP contribution in [0.2, 0.25) is 0 Å². The molecule has 0 aliphatic rings. The maximum Gasteiger partial charge on any atom is 0.143 e. The second-order valence-corrected chi connectivity index (χ2v) is 5.98. The molecule has 92 valence electrons. The first kappa shape index (κ1) is 11.8. The smallest absolute Gasteiger partial charge is 0.143 e. The van der Waals surface area contributed by atoms with E-state index in [1.165, 1.54) is 4.70 Å². The quantitative estimate of drug-likeness (QED) is 0.794. The molecule has 0 radical (unpaired) electrons. The van der Waals surface area contributed by atoms with E-state index in [0.29, 0.717) is 0 Å². The van der Waals surface area contributed by atoms with Gasteiger partial charge in [0.05, 0.1) is 15.2 Å². The zero-order valence-electron chi connectivity index (χ0n) is 9.80. The lowest BCUT2D eigenvalue weighted by atomic mass is 10.3. The van der Waals surface area contributed by atoms with Gasteiger partial charge >= 0.3 is 0 Å². The van der Waals surface area contributed by atoms with E-state index in [0.717, 1.165) is 40.6 Å². The number of hydrogen-bond acceptors (Lipinski definition) is 5. The van der Waals surface area contributed by atoms with Crippen molar-refractivity contribution < 1.29 is 0 Å². The first-order valence-electron chi connectivity index (χ1n) is 5.87. The van der Waals surface area contributed by atoms with Crippen molar-refractivity contribution in [3.8, 4) is 10.7 Å². The van der Waals surface area contributed by atoms with Crippen LogP contribution in [0, 0.1) is 0 Å². The normalized spacial score (nSPS) is 11.2. The number of benzene rings is 1. The summed E-state index contributed by atoms with van der Waals surface area (Å²) < 4.78 is 1.21. The summed E-state index contributed by atoms with van der Waals surface area (Å²) in [6, 6.07) is 8.19. The van der Waals surface area contributed by atoms with Gasteiger partial charge in [0, 0.05) is 11.8 Å². The maximum absolute atomic E-state index is 5.51. The maximum atomic E-state index is 5.51. The zero-order chi connectivity index (χ0) is 12.4. The Bertz CT molecular complexity index is 624. The molecule has 0 atom stereocenters. The van der Waals surface area contributed by atoms with Gasteiger partial charge in [-0.3, -0.25) is 0 Å². The minimum Gasteiger partial charge on any atom is -0.330 e. The van der Waals surface area contributed by atoms with E-state index >= 15 is 0 Å². The molecule has 1 aromatic carbocycles. The van der Waals surface area contributed by atoms with Crippen LogP contribution in [-0.4, -0.2) is 16.5 Å². The van der Waals surface area contributed by atoms with Crippen LogP contribution < -0.4 is 5.73 Å². The Kier molecular flexibility index (Phi) is 3.36. The number of nitrogens with zero attached hydrogens (tertiary/aromatic N) is 2. The predicted molar refractivity (Wildman–Crippen MR) is 78.1 cm³/mol. The highest BCUT2D eigenvalue weighted by molar-refractivity contribution is 7.21. The molecule has 3 aromatic rings. The lowest BCUT2D eigenvalue weighted by Gasteiger charge is -1.91. The topological polar surface area (TPSA) is 51.8 Å².